The molecule has 1 atom stereocenters. The molecule has 2 aromatic carbocycles. The first-order valence-electron chi connectivity index (χ1n) is 8.15. The molecule has 1 fully saturated rings. The van der Waals surface area contributed by atoms with Gasteiger partial charge in [-0.15, -0.1) is 0 Å². The molecule has 0 spiro atoms. The van der Waals surface area contributed by atoms with E-state index in [9.17, 15) is 15.0 Å². The van der Waals surface area contributed by atoms with Crippen LogP contribution < -0.4 is 4.90 Å². The Morgan fingerprint density at radius 1 is 1.25 bits per heavy atom. The van der Waals surface area contributed by atoms with Gasteiger partial charge in [0.25, 0.3) is 0 Å². The fourth-order valence-electron chi connectivity index (χ4n) is 3.33. The lowest BCUT2D eigenvalue weighted by Gasteiger charge is -2.28. The van der Waals surface area contributed by atoms with Crippen LogP contribution in [0, 0.1) is 0 Å². The van der Waals surface area contributed by atoms with Crippen molar-refractivity contribution < 1.29 is 15.0 Å². The van der Waals surface area contributed by atoms with Gasteiger partial charge in [0.15, 0.2) is 0 Å². The molecule has 1 heterocycles. The number of carbonyl (C=O) groups is 1. The van der Waals surface area contributed by atoms with E-state index < -0.39 is 6.09 Å². The summed E-state index contributed by atoms with van der Waals surface area (Å²) < 4.78 is 0. The van der Waals surface area contributed by atoms with E-state index in [0.29, 0.717) is 12.2 Å². The summed E-state index contributed by atoms with van der Waals surface area (Å²) in [6, 6.07) is 14.6. The average molecular weight is 326 g/mol. The topological polar surface area (TPSA) is 64.0 Å². The van der Waals surface area contributed by atoms with E-state index in [1.807, 2.05) is 37.4 Å². The number of amides is 1. The van der Waals surface area contributed by atoms with Gasteiger partial charge >= 0.3 is 6.09 Å². The lowest BCUT2D eigenvalue weighted by Crippen LogP contribution is -2.41. The predicted molar refractivity (Wildman–Crippen MR) is 94.6 cm³/mol. The van der Waals surface area contributed by atoms with Gasteiger partial charge < -0.3 is 15.1 Å². The number of carboxylic acid groups (broad SMARTS) is 1. The highest BCUT2D eigenvalue weighted by atomic mass is 16.4. The minimum Gasteiger partial charge on any atom is -0.508 e. The highest BCUT2D eigenvalue weighted by molar-refractivity contribution is 5.93. The third-order valence-electron chi connectivity index (χ3n) is 4.65. The lowest BCUT2D eigenvalue weighted by molar-refractivity contribution is 0.198. The summed E-state index contributed by atoms with van der Waals surface area (Å²) in [7, 11) is 2.04. The molecule has 5 nitrogen and oxygen atoms in total. The zero-order valence-electron chi connectivity index (χ0n) is 13.7. The molecule has 1 aliphatic heterocycles. The summed E-state index contributed by atoms with van der Waals surface area (Å²) in [5.74, 6) is 0.166. The number of likely N-dealkylation sites (tertiary alicyclic amines) is 1. The van der Waals surface area contributed by atoms with Gasteiger partial charge in [0, 0.05) is 18.2 Å². The second-order valence-electron chi connectivity index (χ2n) is 6.24. The van der Waals surface area contributed by atoms with Gasteiger partial charge in [-0.1, -0.05) is 30.3 Å². The minimum absolute atomic E-state index is 0.166. The normalized spacial score (nSPS) is 17.8. The van der Waals surface area contributed by atoms with E-state index in [-0.39, 0.29) is 11.8 Å². The quantitative estimate of drug-likeness (QED) is 0.900. The highest BCUT2D eigenvalue weighted by Crippen LogP contribution is 2.33. The van der Waals surface area contributed by atoms with Crippen molar-refractivity contribution in [3.8, 4) is 16.9 Å². The monoisotopic (exact) mass is 326 g/mol. The number of phenolic OH excluding ortho intramolecular Hbond substituents is 1. The Labute approximate surface area is 141 Å². The Morgan fingerprint density at radius 2 is 2.04 bits per heavy atom. The van der Waals surface area contributed by atoms with E-state index in [1.54, 1.807) is 18.2 Å². The molecule has 1 amide bonds. The molecule has 2 aromatic rings. The average Bonchev–Trinajstić information content (AvgIpc) is 2.97. The molecule has 24 heavy (non-hydrogen) atoms. The van der Waals surface area contributed by atoms with Crippen molar-refractivity contribution in [2.45, 2.75) is 18.9 Å². The lowest BCUT2D eigenvalue weighted by atomic mass is 10.0. The summed E-state index contributed by atoms with van der Waals surface area (Å²) in [6.45, 7) is 1.45. The number of nitrogens with zero attached hydrogens (tertiary/aromatic N) is 2. The Morgan fingerprint density at radius 3 is 2.71 bits per heavy atom. The molecule has 0 aliphatic carbocycles. The third kappa shape index (κ3) is 3.36. The van der Waals surface area contributed by atoms with Crippen LogP contribution in [0.2, 0.25) is 0 Å². The van der Waals surface area contributed by atoms with Crippen molar-refractivity contribution in [3.63, 3.8) is 0 Å². The number of para-hydroxylation sites is 1. The maximum absolute atomic E-state index is 11.9. The van der Waals surface area contributed by atoms with Gasteiger partial charge in [-0.3, -0.25) is 4.90 Å². The Bertz CT molecular complexity index is 732. The molecule has 0 saturated carbocycles. The van der Waals surface area contributed by atoms with Crippen LogP contribution in [0.3, 0.4) is 0 Å². The first kappa shape index (κ1) is 16.3. The molecule has 0 aromatic heterocycles. The number of benzene rings is 2. The SMILES string of the molecule is CN1CCC[C@H]1CN(C(=O)O)c1ccccc1-c1cccc(O)c1. The van der Waals surface area contributed by atoms with Gasteiger partial charge in [-0.05, 0) is 50.2 Å². The van der Waals surface area contributed by atoms with Crippen LogP contribution in [-0.4, -0.2) is 47.4 Å². The van der Waals surface area contributed by atoms with Crippen LogP contribution in [0.25, 0.3) is 11.1 Å². The van der Waals surface area contributed by atoms with Crippen molar-refractivity contribution in [2.24, 2.45) is 0 Å². The molecule has 3 rings (SSSR count). The Balaban J connectivity index is 1.98. The van der Waals surface area contributed by atoms with E-state index in [0.717, 1.165) is 30.5 Å². The second kappa shape index (κ2) is 6.93. The van der Waals surface area contributed by atoms with Gasteiger partial charge in [0.1, 0.15) is 5.75 Å². The maximum atomic E-state index is 11.9. The minimum atomic E-state index is -0.956. The van der Waals surface area contributed by atoms with Crippen molar-refractivity contribution in [2.75, 3.05) is 25.0 Å². The summed E-state index contributed by atoms with van der Waals surface area (Å²) in [5, 5.41) is 19.5. The molecule has 0 radical (unpaired) electrons. The van der Waals surface area contributed by atoms with Gasteiger partial charge in [-0.2, -0.15) is 0 Å². The zero-order chi connectivity index (χ0) is 17.1. The molecule has 1 aliphatic rings. The molecule has 126 valence electrons. The van der Waals surface area contributed by atoms with Crippen LogP contribution in [0.4, 0.5) is 10.5 Å². The standard InChI is InChI=1S/C19H22N2O3/c1-20-11-5-7-15(20)13-21(19(23)24)18-10-3-2-9-17(18)14-6-4-8-16(22)12-14/h2-4,6,8-10,12,15,22H,5,7,11,13H2,1H3,(H,23,24)/t15-/m0/s1. The molecule has 5 heteroatoms. The van der Waals surface area contributed by atoms with Gasteiger partial charge in [-0.25, -0.2) is 4.79 Å². The van der Waals surface area contributed by atoms with Gasteiger partial charge in [0.2, 0.25) is 0 Å². The van der Waals surface area contributed by atoms with E-state index >= 15 is 0 Å². The molecule has 2 N–H and O–H groups in total. The third-order valence-corrected chi connectivity index (χ3v) is 4.65. The predicted octanol–water partition coefficient (Wildman–Crippen LogP) is 3.64. The van der Waals surface area contributed by atoms with Crippen LogP contribution in [-0.2, 0) is 0 Å². The fourth-order valence-corrected chi connectivity index (χ4v) is 3.33. The van der Waals surface area contributed by atoms with Crippen molar-refractivity contribution in [1.82, 2.24) is 4.90 Å². The number of phenols is 1. The smallest absolute Gasteiger partial charge is 0.411 e. The van der Waals surface area contributed by atoms with Crippen LogP contribution >= 0.6 is 0 Å². The van der Waals surface area contributed by atoms with E-state index in [1.165, 1.54) is 4.90 Å². The highest BCUT2D eigenvalue weighted by Gasteiger charge is 2.27. The molecule has 1 saturated heterocycles. The summed E-state index contributed by atoms with van der Waals surface area (Å²) in [5.41, 5.74) is 2.25. The first-order chi connectivity index (χ1) is 11.6. The largest absolute Gasteiger partial charge is 0.508 e. The van der Waals surface area contributed by atoms with Crippen molar-refractivity contribution >= 4 is 11.8 Å². The molecule has 0 unspecified atom stereocenters. The second-order valence-corrected chi connectivity index (χ2v) is 6.24. The van der Waals surface area contributed by atoms with Crippen LogP contribution in [0.15, 0.2) is 48.5 Å². The zero-order valence-corrected chi connectivity index (χ0v) is 13.7. The molecular formula is C19H22N2O3. The molecule has 0 bridgehead atoms. The number of hydrogen-bond donors (Lipinski definition) is 2. The summed E-state index contributed by atoms with van der Waals surface area (Å²) in [4.78, 5) is 15.5. The number of anilines is 1. The van der Waals surface area contributed by atoms with Crippen molar-refractivity contribution in [1.29, 1.82) is 0 Å². The molecular weight excluding hydrogens is 304 g/mol. The summed E-state index contributed by atoms with van der Waals surface area (Å²) in [6.07, 6.45) is 1.15. The maximum Gasteiger partial charge on any atom is 0.411 e. The van der Waals surface area contributed by atoms with Crippen molar-refractivity contribution in [3.05, 3.63) is 48.5 Å². The van der Waals surface area contributed by atoms with E-state index in [2.05, 4.69) is 4.90 Å². The fraction of sp³-hybridized carbons (Fsp3) is 0.316. The number of hydrogen-bond acceptors (Lipinski definition) is 3. The first-order valence-corrected chi connectivity index (χ1v) is 8.15. The van der Waals surface area contributed by atoms with Gasteiger partial charge in [0.05, 0.1) is 5.69 Å². The number of rotatable bonds is 4. The number of aromatic hydroxyl groups is 1. The Hall–Kier alpha value is -2.53. The Kier molecular flexibility index (Phi) is 4.71. The summed E-state index contributed by atoms with van der Waals surface area (Å²) >= 11 is 0. The van der Waals surface area contributed by atoms with Crippen LogP contribution in [0.5, 0.6) is 5.75 Å². The van der Waals surface area contributed by atoms with Crippen LogP contribution in [0.1, 0.15) is 12.8 Å². The number of likely N-dealkylation sites (N-methyl/N-ethyl adjacent to an activating group) is 1. The van der Waals surface area contributed by atoms with E-state index in [4.69, 9.17) is 0 Å².